The van der Waals surface area contributed by atoms with Crippen LogP contribution in [0.3, 0.4) is 0 Å². The SMILES string of the molecule is CCOC(=O)C1=C(C)NC(C)=C(C(=O)OCCN2CCN(C(c3ccc(C)cc3)c3ccc(C)cc3)CC2)C1c1ccc(C#N)cc1. The number of dihydropyridines is 1. The summed E-state index contributed by atoms with van der Waals surface area (Å²) in [6.07, 6.45) is 0. The molecular formula is C39H44N4O4. The van der Waals surface area contributed by atoms with E-state index >= 15 is 0 Å². The minimum Gasteiger partial charge on any atom is -0.463 e. The number of carbonyl (C=O) groups excluding carboxylic acids is 2. The molecule has 47 heavy (non-hydrogen) atoms. The molecule has 1 N–H and O–H groups in total. The summed E-state index contributed by atoms with van der Waals surface area (Å²) in [5.41, 5.74) is 8.26. The number of rotatable bonds is 10. The number of esters is 2. The average Bonchev–Trinajstić information content (AvgIpc) is 3.07. The van der Waals surface area contributed by atoms with E-state index in [1.807, 2.05) is 6.92 Å². The van der Waals surface area contributed by atoms with Gasteiger partial charge in [0, 0.05) is 44.1 Å². The summed E-state index contributed by atoms with van der Waals surface area (Å²) in [5, 5.41) is 12.5. The molecular weight excluding hydrogens is 588 g/mol. The maximum absolute atomic E-state index is 13.7. The van der Waals surface area contributed by atoms with E-state index in [-0.39, 0.29) is 19.3 Å². The number of ether oxygens (including phenoxy) is 2. The van der Waals surface area contributed by atoms with Crippen LogP contribution in [0.2, 0.25) is 0 Å². The summed E-state index contributed by atoms with van der Waals surface area (Å²) in [6, 6.07) is 26.9. The Morgan fingerprint density at radius 1 is 0.787 bits per heavy atom. The number of benzene rings is 3. The number of carbonyl (C=O) groups is 2. The Kier molecular flexibility index (Phi) is 10.9. The fraction of sp³-hybridized carbons (Fsp3) is 0.359. The van der Waals surface area contributed by atoms with E-state index in [9.17, 15) is 14.9 Å². The number of allylic oxidation sites excluding steroid dienone is 2. The second-order valence-electron chi connectivity index (χ2n) is 12.3. The first-order valence-electron chi connectivity index (χ1n) is 16.3. The van der Waals surface area contributed by atoms with Crippen LogP contribution in [0.1, 0.15) is 66.1 Å². The summed E-state index contributed by atoms with van der Waals surface area (Å²) in [6.45, 7) is 14.1. The number of aryl methyl sites for hydroxylation is 2. The van der Waals surface area contributed by atoms with Crippen LogP contribution in [0, 0.1) is 25.2 Å². The number of piperazine rings is 1. The van der Waals surface area contributed by atoms with Crippen LogP contribution in [-0.4, -0.2) is 67.7 Å². The third-order valence-electron chi connectivity index (χ3n) is 9.05. The summed E-state index contributed by atoms with van der Waals surface area (Å²) in [7, 11) is 0. The van der Waals surface area contributed by atoms with E-state index in [1.54, 1.807) is 38.1 Å². The van der Waals surface area contributed by atoms with Crippen molar-refractivity contribution in [1.82, 2.24) is 15.1 Å². The maximum atomic E-state index is 13.7. The van der Waals surface area contributed by atoms with Gasteiger partial charge >= 0.3 is 11.9 Å². The van der Waals surface area contributed by atoms with E-state index in [4.69, 9.17) is 9.47 Å². The van der Waals surface area contributed by atoms with Gasteiger partial charge in [-0.25, -0.2) is 9.59 Å². The van der Waals surface area contributed by atoms with Crippen molar-refractivity contribution in [3.05, 3.63) is 129 Å². The monoisotopic (exact) mass is 632 g/mol. The predicted octanol–water partition coefficient (Wildman–Crippen LogP) is 5.92. The first kappa shape index (κ1) is 33.6. The highest BCUT2D eigenvalue weighted by Gasteiger charge is 2.38. The summed E-state index contributed by atoms with van der Waals surface area (Å²) < 4.78 is 11.3. The van der Waals surface area contributed by atoms with Crippen LogP contribution in [0.25, 0.3) is 0 Å². The third-order valence-corrected chi connectivity index (χ3v) is 9.05. The zero-order chi connectivity index (χ0) is 33.5. The molecule has 0 amide bonds. The van der Waals surface area contributed by atoms with E-state index in [0.717, 1.165) is 26.2 Å². The van der Waals surface area contributed by atoms with E-state index in [1.165, 1.54) is 22.3 Å². The fourth-order valence-corrected chi connectivity index (χ4v) is 6.53. The van der Waals surface area contributed by atoms with Crippen molar-refractivity contribution in [3.8, 4) is 6.07 Å². The zero-order valence-corrected chi connectivity index (χ0v) is 28.0. The lowest BCUT2D eigenvalue weighted by atomic mass is 9.80. The molecule has 0 saturated carbocycles. The zero-order valence-electron chi connectivity index (χ0n) is 28.0. The van der Waals surface area contributed by atoms with Gasteiger partial charge in [0.15, 0.2) is 0 Å². The number of hydrogen-bond acceptors (Lipinski definition) is 8. The van der Waals surface area contributed by atoms with Gasteiger partial charge in [0.2, 0.25) is 0 Å². The van der Waals surface area contributed by atoms with Crippen LogP contribution in [-0.2, 0) is 19.1 Å². The van der Waals surface area contributed by atoms with Crippen molar-refractivity contribution in [2.45, 2.75) is 46.6 Å². The summed E-state index contributed by atoms with van der Waals surface area (Å²) >= 11 is 0. The molecule has 1 saturated heterocycles. The van der Waals surface area contributed by atoms with Crippen LogP contribution >= 0.6 is 0 Å². The van der Waals surface area contributed by atoms with Crippen molar-refractivity contribution in [2.75, 3.05) is 45.9 Å². The van der Waals surface area contributed by atoms with Gasteiger partial charge in [-0.15, -0.1) is 0 Å². The Hall–Kier alpha value is -4.71. The number of nitrogens with zero attached hydrogens (tertiary/aromatic N) is 3. The quantitative estimate of drug-likeness (QED) is 0.275. The molecule has 1 unspecified atom stereocenters. The highest BCUT2D eigenvalue weighted by atomic mass is 16.5. The third kappa shape index (κ3) is 7.82. The molecule has 0 aromatic heterocycles. The van der Waals surface area contributed by atoms with Crippen molar-refractivity contribution < 1.29 is 19.1 Å². The van der Waals surface area contributed by atoms with Gasteiger partial charge in [-0.05, 0) is 63.4 Å². The van der Waals surface area contributed by atoms with Crippen molar-refractivity contribution in [1.29, 1.82) is 5.26 Å². The lowest BCUT2D eigenvalue weighted by Gasteiger charge is -2.39. The summed E-state index contributed by atoms with van der Waals surface area (Å²) in [5.74, 6) is -1.65. The molecule has 244 valence electrons. The molecule has 1 atom stereocenters. The highest BCUT2D eigenvalue weighted by Crippen LogP contribution is 2.39. The molecule has 8 heteroatoms. The van der Waals surface area contributed by atoms with E-state index < -0.39 is 17.9 Å². The Morgan fingerprint density at radius 2 is 1.30 bits per heavy atom. The predicted molar refractivity (Wildman–Crippen MR) is 182 cm³/mol. The van der Waals surface area contributed by atoms with E-state index in [2.05, 4.69) is 83.6 Å². The van der Waals surface area contributed by atoms with Crippen LogP contribution in [0.4, 0.5) is 0 Å². The van der Waals surface area contributed by atoms with Crippen molar-refractivity contribution in [2.24, 2.45) is 0 Å². The van der Waals surface area contributed by atoms with Gasteiger partial charge in [0.05, 0.1) is 41.3 Å². The Labute approximate surface area is 278 Å². The minimum atomic E-state index is -0.681. The smallest absolute Gasteiger partial charge is 0.336 e. The van der Waals surface area contributed by atoms with E-state index in [0.29, 0.717) is 40.2 Å². The molecule has 2 heterocycles. The highest BCUT2D eigenvalue weighted by molar-refractivity contribution is 5.99. The molecule has 0 bridgehead atoms. The van der Waals surface area contributed by atoms with Gasteiger partial charge in [0.1, 0.15) is 6.61 Å². The molecule has 2 aliphatic heterocycles. The topological polar surface area (TPSA) is 94.9 Å². The van der Waals surface area contributed by atoms with Crippen LogP contribution in [0.5, 0.6) is 0 Å². The standard InChI is InChI=1S/C39H44N4O4/c1-6-46-38(44)34-28(4)41-29(5)35(36(34)31-17-11-30(25-40)12-18-31)39(45)47-24-23-42-19-21-43(22-20-42)37(32-13-7-26(2)8-14-32)33-15-9-27(3)10-16-33/h7-18,36-37,41H,6,19-24H2,1-5H3. The first-order valence-corrected chi connectivity index (χ1v) is 16.3. The van der Waals surface area contributed by atoms with Gasteiger partial charge in [-0.3, -0.25) is 9.80 Å². The molecule has 0 aliphatic carbocycles. The van der Waals surface area contributed by atoms with Crippen LogP contribution < -0.4 is 5.32 Å². The Bertz CT molecular complexity index is 1630. The summed E-state index contributed by atoms with van der Waals surface area (Å²) in [4.78, 5) is 31.7. The van der Waals surface area contributed by atoms with Gasteiger partial charge in [-0.2, -0.15) is 5.26 Å². The molecule has 0 spiro atoms. The Balaban J connectivity index is 1.25. The van der Waals surface area contributed by atoms with Gasteiger partial charge in [0.25, 0.3) is 0 Å². The number of hydrogen-bond donors (Lipinski definition) is 1. The van der Waals surface area contributed by atoms with Gasteiger partial charge < -0.3 is 14.8 Å². The largest absolute Gasteiger partial charge is 0.463 e. The average molecular weight is 633 g/mol. The lowest BCUT2D eigenvalue weighted by Crippen LogP contribution is -2.48. The van der Waals surface area contributed by atoms with Gasteiger partial charge in [-0.1, -0.05) is 71.8 Å². The molecule has 2 aliphatic rings. The molecule has 0 radical (unpaired) electrons. The van der Waals surface area contributed by atoms with Crippen molar-refractivity contribution in [3.63, 3.8) is 0 Å². The maximum Gasteiger partial charge on any atom is 0.336 e. The number of nitrogens with one attached hydrogen (secondary N) is 1. The van der Waals surface area contributed by atoms with Crippen molar-refractivity contribution >= 4 is 11.9 Å². The Morgan fingerprint density at radius 3 is 1.79 bits per heavy atom. The molecule has 3 aromatic carbocycles. The molecule has 1 fully saturated rings. The fourth-order valence-electron chi connectivity index (χ4n) is 6.53. The molecule has 5 rings (SSSR count). The number of nitriles is 1. The normalized spacial score (nSPS) is 17.3. The van der Waals surface area contributed by atoms with Crippen LogP contribution in [0.15, 0.2) is 95.3 Å². The second kappa shape index (κ2) is 15.3. The lowest BCUT2D eigenvalue weighted by molar-refractivity contribution is -0.140. The molecule has 8 nitrogen and oxygen atoms in total. The molecule has 3 aromatic rings. The minimum absolute atomic E-state index is 0.175. The second-order valence-corrected chi connectivity index (χ2v) is 12.3. The first-order chi connectivity index (χ1) is 22.7.